The molecule has 2 N–H and O–H groups in total. The fraction of sp³-hybridized carbons (Fsp3) is 0.478. The summed E-state index contributed by atoms with van der Waals surface area (Å²) in [5.74, 6) is 0.411. The molecule has 3 heteroatoms. The fourth-order valence-corrected chi connectivity index (χ4v) is 3.17. The lowest BCUT2D eigenvalue weighted by Gasteiger charge is -2.20. The molecule has 0 heterocycles. The Kier molecular flexibility index (Phi) is 8.30. The van der Waals surface area contributed by atoms with Gasteiger partial charge in [0.2, 0.25) is 0 Å². The van der Waals surface area contributed by atoms with Gasteiger partial charge in [-0.3, -0.25) is 0 Å². The summed E-state index contributed by atoms with van der Waals surface area (Å²) in [6.45, 7) is 6.60. The molecule has 2 aromatic rings. The summed E-state index contributed by atoms with van der Waals surface area (Å²) in [5.41, 5.74) is 3.16. The van der Waals surface area contributed by atoms with Crippen LogP contribution in [0, 0.1) is 0 Å². The van der Waals surface area contributed by atoms with Crippen molar-refractivity contribution in [1.82, 2.24) is 10.2 Å². The van der Waals surface area contributed by atoms with Gasteiger partial charge in [0.05, 0.1) is 0 Å². The number of nitrogens with one attached hydrogen (secondary N) is 1. The third kappa shape index (κ3) is 6.56. The van der Waals surface area contributed by atoms with Crippen molar-refractivity contribution in [1.29, 1.82) is 0 Å². The summed E-state index contributed by atoms with van der Waals surface area (Å²) in [7, 11) is 4.24. The lowest BCUT2D eigenvalue weighted by Crippen LogP contribution is -2.30. The molecule has 3 unspecified atom stereocenters. The standard InChI is InChI=1S/C23H34N2O/c1-18(17-24-19(2)10-9-15-25(3)4)21-13-8-14-22(16-21)23(26)20-11-6-5-7-12-20/h5-8,11-14,16,18-19,23-24,26H,9-10,15,17H2,1-4H3. The average molecular weight is 355 g/mol. The summed E-state index contributed by atoms with van der Waals surface area (Å²) >= 11 is 0. The van der Waals surface area contributed by atoms with Crippen molar-refractivity contribution in [2.45, 2.75) is 44.8 Å². The average Bonchev–Trinajstić information content (AvgIpc) is 2.66. The van der Waals surface area contributed by atoms with E-state index in [9.17, 15) is 5.11 Å². The van der Waals surface area contributed by atoms with Crippen molar-refractivity contribution >= 4 is 0 Å². The Bertz CT molecular complexity index is 642. The molecule has 0 aliphatic heterocycles. The van der Waals surface area contributed by atoms with Crippen molar-refractivity contribution in [3.8, 4) is 0 Å². The van der Waals surface area contributed by atoms with E-state index in [1.165, 1.54) is 18.4 Å². The van der Waals surface area contributed by atoms with E-state index in [0.717, 1.165) is 24.2 Å². The lowest BCUT2D eigenvalue weighted by molar-refractivity contribution is 0.220. The van der Waals surface area contributed by atoms with Crippen molar-refractivity contribution in [3.05, 3.63) is 71.3 Å². The monoisotopic (exact) mass is 354 g/mol. The minimum atomic E-state index is -0.568. The molecule has 0 aliphatic rings. The second kappa shape index (κ2) is 10.5. The summed E-state index contributed by atoms with van der Waals surface area (Å²) in [4.78, 5) is 2.24. The van der Waals surface area contributed by atoms with Gasteiger partial charge in [-0.05, 0) is 63.0 Å². The first kappa shape index (κ1) is 20.6. The number of aliphatic hydroxyl groups excluding tert-OH is 1. The number of rotatable bonds is 10. The molecule has 0 spiro atoms. The van der Waals surface area contributed by atoms with Gasteiger partial charge in [0.15, 0.2) is 0 Å². The van der Waals surface area contributed by atoms with Crippen LogP contribution < -0.4 is 5.32 Å². The van der Waals surface area contributed by atoms with Crippen molar-refractivity contribution in [2.24, 2.45) is 0 Å². The van der Waals surface area contributed by atoms with Crippen LogP contribution in [0.25, 0.3) is 0 Å². The number of hydrogen-bond donors (Lipinski definition) is 2. The lowest BCUT2D eigenvalue weighted by atomic mass is 9.94. The largest absolute Gasteiger partial charge is 0.384 e. The molecule has 0 aliphatic carbocycles. The van der Waals surface area contributed by atoms with Gasteiger partial charge in [0, 0.05) is 12.6 Å². The summed E-state index contributed by atoms with van der Waals surface area (Å²) in [6, 6.07) is 18.7. The fourth-order valence-electron chi connectivity index (χ4n) is 3.17. The Morgan fingerprint density at radius 2 is 1.58 bits per heavy atom. The smallest absolute Gasteiger partial charge is 0.104 e. The highest BCUT2D eigenvalue weighted by Gasteiger charge is 2.13. The van der Waals surface area contributed by atoms with Gasteiger partial charge in [0.25, 0.3) is 0 Å². The first-order valence-electron chi connectivity index (χ1n) is 9.68. The quantitative estimate of drug-likeness (QED) is 0.671. The van der Waals surface area contributed by atoms with Gasteiger partial charge in [0.1, 0.15) is 6.10 Å². The molecule has 2 rings (SSSR count). The van der Waals surface area contributed by atoms with Crippen LogP contribution in [-0.4, -0.2) is 43.2 Å². The van der Waals surface area contributed by atoms with Crippen LogP contribution in [-0.2, 0) is 0 Å². The molecule has 2 aromatic carbocycles. The summed E-state index contributed by atoms with van der Waals surface area (Å²) < 4.78 is 0. The van der Waals surface area contributed by atoms with Crippen molar-refractivity contribution < 1.29 is 5.11 Å². The van der Waals surface area contributed by atoms with Gasteiger partial charge in [-0.15, -0.1) is 0 Å². The normalized spacial score (nSPS) is 15.0. The Balaban J connectivity index is 1.90. The van der Waals surface area contributed by atoms with E-state index in [1.54, 1.807) is 0 Å². The Morgan fingerprint density at radius 1 is 0.923 bits per heavy atom. The van der Waals surface area contributed by atoms with Gasteiger partial charge in [-0.25, -0.2) is 0 Å². The predicted molar refractivity (Wildman–Crippen MR) is 111 cm³/mol. The van der Waals surface area contributed by atoms with Crippen LogP contribution in [0.3, 0.4) is 0 Å². The number of aliphatic hydroxyl groups is 1. The molecular formula is C23H34N2O. The van der Waals surface area contributed by atoms with E-state index < -0.39 is 6.10 Å². The van der Waals surface area contributed by atoms with E-state index in [2.05, 4.69) is 50.3 Å². The maximum Gasteiger partial charge on any atom is 0.104 e. The SMILES string of the molecule is CC(CCCN(C)C)NCC(C)c1cccc(C(O)c2ccccc2)c1. The molecule has 26 heavy (non-hydrogen) atoms. The third-order valence-electron chi connectivity index (χ3n) is 4.93. The summed E-state index contributed by atoms with van der Waals surface area (Å²) in [6.07, 6.45) is 1.84. The number of nitrogens with zero attached hydrogens (tertiary/aromatic N) is 1. The molecule has 0 bridgehead atoms. The van der Waals surface area contributed by atoms with Crippen LogP contribution >= 0.6 is 0 Å². The minimum absolute atomic E-state index is 0.411. The third-order valence-corrected chi connectivity index (χ3v) is 4.93. The zero-order valence-corrected chi connectivity index (χ0v) is 16.7. The van der Waals surface area contributed by atoms with Crippen LogP contribution in [0.15, 0.2) is 54.6 Å². The summed E-state index contributed by atoms with van der Waals surface area (Å²) in [5, 5.41) is 14.3. The molecule has 0 saturated heterocycles. The second-order valence-electron chi connectivity index (χ2n) is 7.64. The predicted octanol–water partition coefficient (Wildman–Crippen LogP) is 4.19. The van der Waals surface area contributed by atoms with Gasteiger partial charge in [-0.2, -0.15) is 0 Å². The zero-order chi connectivity index (χ0) is 18.9. The number of hydrogen-bond acceptors (Lipinski definition) is 3. The van der Waals surface area contributed by atoms with Crippen molar-refractivity contribution in [2.75, 3.05) is 27.2 Å². The second-order valence-corrected chi connectivity index (χ2v) is 7.64. The van der Waals surface area contributed by atoms with Gasteiger partial charge in [-0.1, -0.05) is 61.5 Å². The van der Waals surface area contributed by atoms with E-state index in [-0.39, 0.29) is 0 Å². The van der Waals surface area contributed by atoms with Crippen molar-refractivity contribution in [3.63, 3.8) is 0 Å². The highest BCUT2D eigenvalue weighted by Crippen LogP contribution is 2.25. The molecule has 0 fully saturated rings. The molecule has 0 aromatic heterocycles. The molecule has 0 amide bonds. The first-order chi connectivity index (χ1) is 12.5. The highest BCUT2D eigenvalue weighted by molar-refractivity contribution is 5.33. The maximum absolute atomic E-state index is 10.6. The van der Waals surface area contributed by atoms with E-state index >= 15 is 0 Å². The van der Waals surface area contributed by atoms with E-state index in [1.807, 2.05) is 42.5 Å². The minimum Gasteiger partial charge on any atom is -0.384 e. The van der Waals surface area contributed by atoms with Gasteiger partial charge < -0.3 is 15.3 Å². The molecule has 142 valence electrons. The van der Waals surface area contributed by atoms with Crippen LogP contribution in [0.1, 0.15) is 55.4 Å². The van der Waals surface area contributed by atoms with Crippen LogP contribution in [0.5, 0.6) is 0 Å². The molecular weight excluding hydrogens is 320 g/mol. The molecule has 0 radical (unpaired) electrons. The Labute approximate surface area is 159 Å². The Morgan fingerprint density at radius 3 is 2.27 bits per heavy atom. The number of benzene rings is 2. The Hall–Kier alpha value is -1.68. The molecule has 0 saturated carbocycles. The van der Waals surface area contributed by atoms with E-state index in [0.29, 0.717) is 12.0 Å². The van der Waals surface area contributed by atoms with Crippen LogP contribution in [0.2, 0.25) is 0 Å². The zero-order valence-electron chi connectivity index (χ0n) is 16.7. The molecule has 3 atom stereocenters. The van der Waals surface area contributed by atoms with Gasteiger partial charge >= 0.3 is 0 Å². The van der Waals surface area contributed by atoms with E-state index in [4.69, 9.17) is 0 Å². The topological polar surface area (TPSA) is 35.5 Å². The highest BCUT2D eigenvalue weighted by atomic mass is 16.3. The van der Waals surface area contributed by atoms with Crippen LogP contribution in [0.4, 0.5) is 0 Å². The maximum atomic E-state index is 10.6. The first-order valence-corrected chi connectivity index (χ1v) is 9.68. The molecule has 3 nitrogen and oxygen atoms in total.